The first-order valence-electron chi connectivity index (χ1n) is 36.3. The van der Waals surface area contributed by atoms with E-state index in [-0.39, 0.29) is 0 Å². The van der Waals surface area contributed by atoms with Gasteiger partial charge in [0.15, 0.2) is 0 Å². The summed E-state index contributed by atoms with van der Waals surface area (Å²) in [6.45, 7) is 13.8. The van der Waals surface area contributed by atoms with Crippen molar-refractivity contribution in [1.29, 1.82) is 0 Å². The number of allylic oxidation sites excluding steroid dienone is 2. The minimum atomic E-state index is 0.821. The first kappa shape index (κ1) is 74.7. The van der Waals surface area contributed by atoms with Gasteiger partial charge in [0.1, 0.15) is 0 Å². The van der Waals surface area contributed by atoms with Gasteiger partial charge in [-0.3, -0.25) is 0 Å². The molecule has 0 unspecified atom stereocenters. The summed E-state index contributed by atoms with van der Waals surface area (Å²) in [5.41, 5.74) is 9.79. The SMILES string of the molecule is CCCCCCCCCCCCCCCCCCCCCC=CC(C(C#CCCCCCCCCCCCCCCCCCCCCCCC)=Nc1ccc(CCCC)c(CCCC)c1)=[N+]([Ni])c1ccc(CCCC)c(CCCC)c1. The Kier molecular flexibility index (Phi) is 52.3. The Morgan fingerprint density at radius 1 is 0.370 bits per heavy atom. The van der Waals surface area contributed by atoms with Gasteiger partial charge in [-0.15, -0.1) is 0 Å². The monoisotopic (exact) mass is 1160 g/mol. The average Bonchev–Trinajstić information content (AvgIpc) is 3.48. The molecule has 2 aromatic rings. The van der Waals surface area contributed by atoms with E-state index in [1.165, 1.54) is 324 Å². The summed E-state index contributed by atoms with van der Waals surface area (Å²) in [7, 11) is 0. The summed E-state index contributed by atoms with van der Waals surface area (Å²) >= 11 is 6.11. The van der Waals surface area contributed by atoms with Gasteiger partial charge in [-0.1, -0.05) is 187 Å². The van der Waals surface area contributed by atoms with Crippen LogP contribution in [0.4, 0.5) is 11.4 Å². The van der Waals surface area contributed by atoms with Crippen LogP contribution in [-0.4, -0.2) is 15.1 Å². The van der Waals surface area contributed by atoms with Crippen LogP contribution in [0.5, 0.6) is 0 Å². The normalized spacial score (nSPS) is 12.2. The zero-order valence-corrected chi connectivity index (χ0v) is 56.0. The molecule has 0 amide bonds. The molecule has 0 aromatic heterocycles. The molecule has 2 rings (SSSR count). The number of unbranched alkanes of at least 4 members (excludes halogenated alkanes) is 44. The van der Waals surface area contributed by atoms with E-state index in [1.54, 1.807) is 0 Å². The van der Waals surface area contributed by atoms with Gasteiger partial charge in [-0.25, -0.2) is 0 Å². The van der Waals surface area contributed by atoms with E-state index in [9.17, 15) is 0 Å². The third-order valence-corrected chi connectivity index (χ3v) is 17.8. The fourth-order valence-corrected chi connectivity index (χ4v) is 12.1. The third kappa shape index (κ3) is 41.3. The molecule has 0 aliphatic heterocycles. The molecule has 81 heavy (non-hydrogen) atoms. The minimum absolute atomic E-state index is 0.821. The maximum atomic E-state index is 6.11. The summed E-state index contributed by atoms with van der Waals surface area (Å²) in [4.78, 5) is 5.51. The predicted molar refractivity (Wildman–Crippen MR) is 362 cm³/mol. The topological polar surface area (TPSA) is 15.4 Å². The predicted octanol–water partition coefficient (Wildman–Crippen LogP) is 26.4. The molecule has 0 saturated carbocycles. The first-order valence-corrected chi connectivity index (χ1v) is 36.7. The second kappa shape index (κ2) is 56.7. The van der Waals surface area contributed by atoms with Crippen LogP contribution in [0.25, 0.3) is 0 Å². The summed E-state index contributed by atoms with van der Waals surface area (Å²) in [6, 6.07) is 14.1. The molecule has 0 aliphatic carbocycles. The Hall–Kier alpha value is -2.43. The van der Waals surface area contributed by atoms with Crippen LogP contribution in [0.15, 0.2) is 53.5 Å². The van der Waals surface area contributed by atoms with Gasteiger partial charge in [-0.2, -0.15) is 0 Å². The Balaban J connectivity index is 2.11. The van der Waals surface area contributed by atoms with E-state index in [1.807, 2.05) is 3.66 Å². The fraction of sp³-hybridized carbons (Fsp3) is 0.769. The van der Waals surface area contributed by atoms with E-state index >= 15 is 0 Å². The van der Waals surface area contributed by atoms with Crippen molar-refractivity contribution in [2.24, 2.45) is 4.99 Å². The van der Waals surface area contributed by atoms with Gasteiger partial charge in [0.2, 0.25) is 0 Å². The number of aryl methyl sites for hydroxylation is 4. The van der Waals surface area contributed by atoms with Crippen molar-refractivity contribution < 1.29 is 19.3 Å². The zero-order valence-electron chi connectivity index (χ0n) is 55.0. The maximum absolute atomic E-state index is 6.11. The fourth-order valence-electron chi connectivity index (χ4n) is 11.8. The number of aliphatic imine (C=N–C) groups is 1. The van der Waals surface area contributed by atoms with Gasteiger partial charge in [-0.05, 0) is 0 Å². The molecule has 0 radical (unpaired) electrons. The molecule has 2 nitrogen and oxygen atoms in total. The van der Waals surface area contributed by atoms with E-state index < -0.39 is 0 Å². The van der Waals surface area contributed by atoms with E-state index in [0.29, 0.717) is 0 Å². The van der Waals surface area contributed by atoms with Gasteiger partial charge >= 0.3 is 331 Å². The van der Waals surface area contributed by atoms with E-state index in [2.05, 4.69) is 102 Å². The van der Waals surface area contributed by atoms with E-state index in [0.717, 1.165) is 67.7 Å². The van der Waals surface area contributed by atoms with Crippen molar-refractivity contribution in [3.05, 3.63) is 70.8 Å². The van der Waals surface area contributed by atoms with E-state index in [4.69, 9.17) is 20.7 Å². The van der Waals surface area contributed by atoms with Crippen LogP contribution < -0.4 is 0 Å². The Labute approximate surface area is 515 Å². The van der Waals surface area contributed by atoms with Gasteiger partial charge in [0.05, 0.1) is 0 Å². The molecule has 0 aliphatic rings. The summed E-state index contributed by atoms with van der Waals surface area (Å²) in [6.07, 6.45) is 77.1. The van der Waals surface area contributed by atoms with Crippen LogP contribution in [0.1, 0.15) is 385 Å². The van der Waals surface area contributed by atoms with Crippen LogP contribution >= 0.6 is 0 Å². The molecule has 0 atom stereocenters. The zero-order chi connectivity index (χ0) is 58.2. The standard InChI is InChI=1S/C78H134N2.Ni/c1-7-13-19-21-23-25-27-29-31-33-35-37-38-40-42-44-46-48-50-52-54-56-58-64-78(80-76-68-66-72(60-16-10-4)74(70-76)62-18-12-6)77(79-75-67-65-71(59-15-9-3)73(69-75)61-17-11-5)63-57-55-53-51-49-47-45-43-41-39-36-34-32-30-28-26-24-22-20-14-8-2;/h57,63,65-70H,7-56,59-62H2,1-6H3;/q;+1. The molecule has 0 heterocycles. The van der Waals surface area contributed by atoms with Crippen molar-refractivity contribution in [2.75, 3.05) is 0 Å². The molecule has 2 aromatic carbocycles. The molecule has 0 N–H and O–H groups in total. The van der Waals surface area contributed by atoms with Crippen LogP contribution in [-0.2, 0) is 41.4 Å². The van der Waals surface area contributed by atoms with Crippen molar-refractivity contribution in [3.63, 3.8) is 0 Å². The second-order valence-electron chi connectivity index (χ2n) is 25.1. The molecule has 0 fully saturated rings. The van der Waals surface area contributed by atoms with Gasteiger partial charge < -0.3 is 0 Å². The summed E-state index contributed by atoms with van der Waals surface area (Å²) in [5.74, 6) is 7.38. The van der Waals surface area contributed by atoms with Crippen LogP contribution in [0.3, 0.4) is 0 Å². The molecule has 0 bridgehead atoms. The van der Waals surface area contributed by atoms with Crippen molar-refractivity contribution in [1.82, 2.24) is 0 Å². The number of hydrogen-bond acceptors (Lipinski definition) is 1. The Morgan fingerprint density at radius 2 is 0.691 bits per heavy atom. The van der Waals surface area contributed by atoms with Crippen molar-refractivity contribution in [3.8, 4) is 11.8 Å². The Morgan fingerprint density at radius 3 is 1.07 bits per heavy atom. The first-order chi connectivity index (χ1) is 40.0. The number of rotatable bonds is 57. The quantitative estimate of drug-likeness (QED) is 0.0272. The van der Waals surface area contributed by atoms with Crippen LogP contribution in [0, 0.1) is 11.8 Å². The molecular weight excluding hydrogens is 1020 g/mol. The third-order valence-electron chi connectivity index (χ3n) is 17.3. The molecule has 3 heteroatoms. The number of benzene rings is 2. The molecular formula is C78H134N2Ni+. The molecule has 0 saturated heterocycles. The van der Waals surface area contributed by atoms with Crippen molar-refractivity contribution in [2.45, 2.75) is 388 Å². The molecule has 465 valence electrons. The number of hydrogen-bond donors (Lipinski definition) is 0. The summed E-state index contributed by atoms with van der Waals surface area (Å²) < 4.78 is 2.05. The second-order valence-corrected chi connectivity index (χ2v) is 25.5. The Bertz CT molecular complexity index is 1890. The average molecular weight is 1160 g/mol. The van der Waals surface area contributed by atoms with Gasteiger partial charge in [0, 0.05) is 0 Å². The van der Waals surface area contributed by atoms with Gasteiger partial charge in [0.25, 0.3) is 0 Å². The van der Waals surface area contributed by atoms with Crippen molar-refractivity contribution >= 4 is 22.8 Å². The van der Waals surface area contributed by atoms with Crippen LogP contribution in [0.2, 0.25) is 0 Å². The number of nitrogens with zero attached hydrogens (tertiary/aromatic N) is 2. The summed E-state index contributed by atoms with van der Waals surface area (Å²) in [5, 5.41) is 0. The molecule has 0 spiro atoms.